The molecule has 1 aliphatic rings. The van der Waals surface area contributed by atoms with E-state index in [2.05, 4.69) is 33.1 Å². The molecular formula is C8H15BrN2. The Labute approximate surface area is 76.6 Å². The van der Waals surface area contributed by atoms with Crippen molar-refractivity contribution in [3.8, 4) is 0 Å². The second-order valence-electron chi connectivity index (χ2n) is 2.94. The predicted molar refractivity (Wildman–Crippen MR) is 52.0 cm³/mol. The second kappa shape index (κ2) is 4.91. The SMILES string of the molecule is C=C(Br)CNCC1CCCN1. The summed E-state index contributed by atoms with van der Waals surface area (Å²) in [5, 5.41) is 6.74. The van der Waals surface area contributed by atoms with Crippen LogP contribution >= 0.6 is 15.9 Å². The van der Waals surface area contributed by atoms with Crippen LogP contribution in [0.2, 0.25) is 0 Å². The monoisotopic (exact) mass is 218 g/mol. The first-order valence-electron chi connectivity index (χ1n) is 4.06. The number of halogens is 1. The Morgan fingerprint density at radius 2 is 2.55 bits per heavy atom. The van der Waals surface area contributed by atoms with E-state index in [1.165, 1.54) is 19.4 Å². The van der Waals surface area contributed by atoms with Gasteiger partial charge in [0.15, 0.2) is 0 Å². The van der Waals surface area contributed by atoms with Gasteiger partial charge in [-0.3, -0.25) is 0 Å². The lowest BCUT2D eigenvalue weighted by atomic mass is 10.2. The van der Waals surface area contributed by atoms with E-state index in [4.69, 9.17) is 0 Å². The highest BCUT2D eigenvalue weighted by molar-refractivity contribution is 9.11. The third-order valence-electron chi connectivity index (χ3n) is 1.87. The molecule has 0 aromatic carbocycles. The maximum Gasteiger partial charge on any atom is 0.0266 e. The van der Waals surface area contributed by atoms with Crippen LogP contribution in [0.15, 0.2) is 11.1 Å². The number of hydrogen-bond donors (Lipinski definition) is 2. The summed E-state index contributed by atoms with van der Waals surface area (Å²) in [5.74, 6) is 0. The maximum atomic E-state index is 3.75. The summed E-state index contributed by atoms with van der Waals surface area (Å²) in [6.45, 7) is 6.87. The molecule has 2 nitrogen and oxygen atoms in total. The van der Waals surface area contributed by atoms with Gasteiger partial charge in [0.05, 0.1) is 0 Å². The van der Waals surface area contributed by atoms with Gasteiger partial charge >= 0.3 is 0 Å². The van der Waals surface area contributed by atoms with E-state index in [-0.39, 0.29) is 0 Å². The molecule has 1 rings (SSSR count). The van der Waals surface area contributed by atoms with Gasteiger partial charge in [-0.1, -0.05) is 22.5 Å². The summed E-state index contributed by atoms with van der Waals surface area (Å²) in [6, 6.07) is 0.682. The van der Waals surface area contributed by atoms with E-state index >= 15 is 0 Å². The lowest BCUT2D eigenvalue weighted by molar-refractivity contribution is 0.554. The van der Waals surface area contributed by atoms with Crippen molar-refractivity contribution in [3.05, 3.63) is 11.1 Å². The second-order valence-corrected chi connectivity index (χ2v) is 4.06. The van der Waals surface area contributed by atoms with Crippen LogP contribution < -0.4 is 10.6 Å². The molecule has 1 fully saturated rings. The Hall–Kier alpha value is 0.140. The van der Waals surface area contributed by atoms with Crippen LogP contribution in [0.5, 0.6) is 0 Å². The van der Waals surface area contributed by atoms with Gasteiger partial charge in [0, 0.05) is 23.6 Å². The first-order valence-corrected chi connectivity index (χ1v) is 4.85. The molecule has 0 aromatic rings. The summed E-state index contributed by atoms with van der Waals surface area (Å²) in [5.41, 5.74) is 0. The molecule has 64 valence electrons. The molecule has 0 saturated carbocycles. The molecule has 1 atom stereocenters. The standard InChI is InChI=1S/C8H15BrN2/c1-7(9)5-10-6-8-3-2-4-11-8/h8,10-11H,1-6H2. The average Bonchev–Trinajstić information content (AvgIpc) is 2.39. The Kier molecular flexibility index (Phi) is 4.12. The zero-order valence-electron chi connectivity index (χ0n) is 6.70. The maximum absolute atomic E-state index is 3.75. The van der Waals surface area contributed by atoms with Crippen LogP contribution in [0, 0.1) is 0 Å². The highest BCUT2D eigenvalue weighted by atomic mass is 79.9. The third-order valence-corrected chi connectivity index (χ3v) is 2.15. The first kappa shape index (κ1) is 9.23. The smallest absolute Gasteiger partial charge is 0.0266 e. The summed E-state index contributed by atoms with van der Waals surface area (Å²) in [6.07, 6.45) is 2.63. The molecule has 0 amide bonds. The lowest BCUT2D eigenvalue weighted by Gasteiger charge is -2.10. The van der Waals surface area contributed by atoms with Gasteiger partial charge in [0.25, 0.3) is 0 Å². The lowest BCUT2D eigenvalue weighted by Crippen LogP contribution is -2.34. The summed E-state index contributed by atoms with van der Waals surface area (Å²) in [7, 11) is 0. The molecule has 0 radical (unpaired) electrons. The van der Waals surface area contributed by atoms with Crippen molar-refractivity contribution >= 4 is 15.9 Å². The molecule has 1 saturated heterocycles. The summed E-state index contributed by atoms with van der Waals surface area (Å²) < 4.78 is 1.02. The van der Waals surface area contributed by atoms with Crippen molar-refractivity contribution in [1.82, 2.24) is 10.6 Å². The van der Waals surface area contributed by atoms with Crippen molar-refractivity contribution in [1.29, 1.82) is 0 Å². The van der Waals surface area contributed by atoms with Gasteiger partial charge < -0.3 is 10.6 Å². The minimum Gasteiger partial charge on any atom is -0.313 e. The van der Waals surface area contributed by atoms with Crippen molar-refractivity contribution in [3.63, 3.8) is 0 Å². The number of rotatable bonds is 4. The third kappa shape index (κ3) is 3.89. The number of hydrogen-bond acceptors (Lipinski definition) is 2. The fraction of sp³-hybridized carbons (Fsp3) is 0.750. The minimum atomic E-state index is 0.682. The molecular weight excluding hydrogens is 204 g/mol. The van der Waals surface area contributed by atoms with Crippen LogP contribution in [-0.4, -0.2) is 25.7 Å². The van der Waals surface area contributed by atoms with Gasteiger partial charge in [0.2, 0.25) is 0 Å². The topological polar surface area (TPSA) is 24.1 Å². The van der Waals surface area contributed by atoms with E-state index in [9.17, 15) is 0 Å². The van der Waals surface area contributed by atoms with Crippen LogP contribution in [0.1, 0.15) is 12.8 Å². The van der Waals surface area contributed by atoms with E-state index in [1.807, 2.05) is 0 Å². The van der Waals surface area contributed by atoms with E-state index in [0.717, 1.165) is 17.6 Å². The molecule has 3 heteroatoms. The van der Waals surface area contributed by atoms with E-state index < -0.39 is 0 Å². The molecule has 1 heterocycles. The Balaban J connectivity index is 1.98. The van der Waals surface area contributed by atoms with Gasteiger partial charge in [-0.2, -0.15) is 0 Å². The molecule has 0 aromatic heterocycles. The molecule has 1 unspecified atom stereocenters. The van der Waals surface area contributed by atoms with Crippen molar-refractivity contribution < 1.29 is 0 Å². The van der Waals surface area contributed by atoms with Gasteiger partial charge in [0.1, 0.15) is 0 Å². The normalized spacial score (nSPS) is 23.9. The van der Waals surface area contributed by atoms with Crippen LogP contribution in [0.25, 0.3) is 0 Å². The molecule has 2 N–H and O–H groups in total. The largest absolute Gasteiger partial charge is 0.313 e. The Morgan fingerprint density at radius 1 is 1.73 bits per heavy atom. The molecule has 0 spiro atoms. The quantitative estimate of drug-likeness (QED) is 0.743. The highest BCUT2D eigenvalue weighted by Crippen LogP contribution is 2.03. The predicted octanol–water partition coefficient (Wildman–Crippen LogP) is 1.24. The Morgan fingerprint density at radius 3 is 3.09 bits per heavy atom. The summed E-state index contributed by atoms with van der Waals surface area (Å²) >= 11 is 3.31. The van der Waals surface area contributed by atoms with Crippen LogP contribution in [0.3, 0.4) is 0 Å². The molecule has 11 heavy (non-hydrogen) atoms. The molecule has 0 aliphatic carbocycles. The van der Waals surface area contributed by atoms with Crippen LogP contribution in [0.4, 0.5) is 0 Å². The van der Waals surface area contributed by atoms with Gasteiger partial charge in [-0.25, -0.2) is 0 Å². The minimum absolute atomic E-state index is 0.682. The van der Waals surface area contributed by atoms with Crippen molar-refractivity contribution in [2.45, 2.75) is 18.9 Å². The van der Waals surface area contributed by atoms with E-state index in [1.54, 1.807) is 0 Å². The first-order chi connectivity index (χ1) is 5.29. The highest BCUT2D eigenvalue weighted by Gasteiger charge is 2.12. The average molecular weight is 219 g/mol. The Bertz CT molecular complexity index is 130. The van der Waals surface area contributed by atoms with Gasteiger partial charge in [-0.15, -0.1) is 0 Å². The fourth-order valence-electron chi connectivity index (χ4n) is 1.31. The fourth-order valence-corrected chi connectivity index (χ4v) is 1.51. The molecule has 1 aliphatic heterocycles. The summed E-state index contributed by atoms with van der Waals surface area (Å²) in [4.78, 5) is 0. The zero-order valence-corrected chi connectivity index (χ0v) is 8.28. The number of nitrogens with one attached hydrogen (secondary N) is 2. The zero-order chi connectivity index (χ0) is 8.10. The van der Waals surface area contributed by atoms with Crippen molar-refractivity contribution in [2.24, 2.45) is 0 Å². The molecule has 0 bridgehead atoms. The van der Waals surface area contributed by atoms with Crippen LogP contribution in [-0.2, 0) is 0 Å². The van der Waals surface area contributed by atoms with E-state index in [0.29, 0.717) is 6.04 Å². The van der Waals surface area contributed by atoms with Gasteiger partial charge in [-0.05, 0) is 19.4 Å². The van der Waals surface area contributed by atoms with Crippen molar-refractivity contribution in [2.75, 3.05) is 19.6 Å².